The van der Waals surface area contributed by atoms with Crippen molar-refractivity contribution in [2.24, 2.45) is 0 Å². The highest BCUT2D eigenvalue weighted by Gasteiger charge is 2.22. The summed E-state index contributed by atoms with van der Waals surface area (Å²) in [5, 5.41) is 11.5. The topological polar surface area (TPSA) is 36.7 Å². The Morgan fingerprint density at radius 3 is 2.77 bits per heavy atom. The summed E-state index contributed by atoms with van der Waals surface area (Å²) in [6.07, 6.45) is 0.819. The maximum Gasteiger partial charge on any atom is 0.181 e. The van der Waals surface area contributed by atoms with Gasteiger partial charge in [0.05, 0.1) is 0 Å². The molecule has 0 bridgehead atoms. The second-order valence-electron chi connectivity index (χ2n) is 3.37. The van der Waals surface area contributed by atoms with Crippen LogP contribution in [0.2, 0.25) is 0 Å². The SMILES string of the molecule is [O-][NH+]1COCC1Cc1ccccc1. The van der Waals surface area contributed by atoms with Crippen LogP contribution in [0.4, 0.5) is 0 Å². The van der Waals surface area contributed by atoms with Gasteiger partial charge in [0.25, 0.3) is 0 Å². The molecule has 0 aliphatic carbocycles. The fourth-order valence-electron chi connectivity index (χ4n) is 1.58. The molecule has 13 heavy (non-hydrogen) atoms. The zero-order valence-electron chi connectivity index (χ0n) is 7.40. The Morgan fingerprint density at radius 2 is 2.15 bits per heavy atom. The Balaban J connectivity index is 1.98. The number of ether oxygens (including phenoxy) is 1. The molecule has 1 aromatic rings. The molecule has 70 valence electrons. The van der Waals surface area contributed by atoms with Crippen molar-refractivity contribution in [3.05, 3.63) is 41.1 Å². The van der Waals surface area contributed by atoms with Crippen LogP contribution in [0, 0.1) is 5.21 Å². The highest BCUT2D eigenvalue weighted by atomic mass is 16.6. The molecular formula is C10H13NO2. The summed E-state index contributed by atoms with van der Waals surface area (Å²) in [6, 6.07) is 10.2. The molecule has 2 atom stereocenters. The fourth-order valence-corrected chi connectivity index (χ4v) is 1.58. The lowest BCUT2D eigenvalue weighted by Crippen LogP contribution is -3.09. The van der Waals surface area contributed by atoms with Gasteiger partial charge in [0.15, 0.2) is 6.73 Å². The van der Waals surface area contributed by atoms with Crippen LogP contribution < -0.4 is 5.06 Å². The summed E-state index contributed by atoms with van der Waals surface area (Å²) < 4.78 is 5.09. The first-order chi connectivity index (χ1) is 6.36. The lowest BCUT2D eigenvalue weighted by Gasteiger charge is -2.21. The maximum absolute atomic E-state index is 11.3. The highest BCUT2D eigenvalue weighted by Crippen LogP contribution is 2.03. The van der Waals surface area contributed by atoms with Gasteiger partial charge in [-0.3, -0.25) is 0 Å². The van der Waals surface area contributed by atoms with E-state index >= 15 is 0 Å². The second-order valence-corrected chi connectivity index (χ2v) is 3.37. The summed E-state index contributed by atoms with van der Waals surface area (Å²) in [5.41, 5.74) is 1.21. The van der Waals surface area contributed by atoms with E-state index < -0.39 is 0 Å². The summed E-state index contributed by atoms with van der Waals surface area (Å²) in [7, 11) is 0. The van der Waals surface area contributed by atoms with E-state index in [9.17, 15) is 5.21 Å². The van der Waals surface area contributed by atoms with Gasteiger partial charge in [-0.15, -0.1) is 0 Å². The monoisotopic (exact) mass is 179 g/mol. The molecule has 1 aliphatic heterocycles. The molecule has 2 rings (SSSR count). The number of benzene rings is 1. The minimum absolute atomic E-state index is 0.0856. The predicted molar refractivity (Wildman–Crippen MR) is 49.1 cm³/mol. The second kappa shape index (κ2) is 3.87. The molecule has 3 nitrogen and oxygen atoms in total. The van der Waals surface area contributed by atoms with Gasteiger partial charge in [-0.1, -0.05) is 30.3 Å². The third-order valence-corrected chi connectivity index (χ3v) is 2.34. The standard InChI is InChI=1S/C10H13NO2/c12-11-8-13-7-10(11)6-9-4-2-1-3-5-9/h1-5,10-11H,6-8H2. The number of rotatable bonds is 2. The number of nitrogens with one attached hydrogen (secondary N) is 1. The van der Waals surface area contributed by atoms with Crippen LogP contribution in [0.5, 0.6) is 0 Å². The van der Waals surface area contributed by atoms with Gasteiger partial charge in [-0.2, -0.15) is 0 Å². The van der Waals surface area contributed by atoms with Crippen LogP contribution in [0.25, 0.3) is 0 Å². The lowest BCUT2D eigenvalue weighted by molar-refractivity contribution is -0.869. The van der Waals surface area contributed by atoms with Crippen molar-refractivity contribution in [1.82, 2.24) is 0 Å². The number of quaternary nitrogens is 1. The molecule has 1 aliphatic rings. The van der Waals surface area contributed by atoms with Crippen LogP contribution in [-0.4, -0.2) is 19.4 Å². The minimum Gasteiger partial charge on any atom is -0.632 e. The molecule has 0 radical (unpaired) electrons. The first-order valence-corrected chi connectivity index (χ1v) is 4.50. The van der Waals surface area contributed by atoms with Crippen LogP contribution in [0.15, 0.2) is 30.3 Å². The quantitative estimate of drug-likeness (QED) is 0.647. The van der Waals surface area contributed by atoms with Crippen LogP contribution in [0.1, 0.15) is 5.56 Å². The van der Waals surface area contributed by atoms with Crippen molar-refractivity contribution in [2.75, 3.05) is 13.3 Å². The summed E-state index contributed by atoms with van der Waals surface area (Å²) >= 11 is 0. The van der Waals surface area contributed by atoms with Crippen molar-refractivity contribution in [1.29, 1.82) is 0 Å². The van der Waals surface area contributed by atoms with Crippen molar-refractivity contribution in [2.45, 2.75) is 12.5 Å². The molecule has 0 aromatic heterocycles. The van der Waals surface area contributed by atoms with Crippen molar-refractivity contribution in [3.63, 3.8) is 0 Å². The highest BCUT2D eigenvalue weighted by molar-refractivity contribution is 5.15. The first kappa shape index (κ1) is 8.69. The Labute approximate surface area is 77.5 Å². The minimum atomic E-state index is 0.0856. The smallest absolute Gasteiger partial charge is 0.181 e. The van der Waals surface area contributed by atoms with Crippen LogP contribution in [0.3, 0.4) is 0 Å². The summed E-state index contributed by atoms with van der Waals surface area (Å²) in [5.74, 6) is 0. The van der Waals surface area contributed by atoms with E-state index in [0.717, 1.165) is 6.42 Å². The molecule has 0 amide bonds. The molecule has 1 heterocycles. The average Bonchev–Trinajstić information content (AvgIpc) is 2.54. The summed E-state index contributed by atoms with van der Waals surface area (Å²) in [4.78, 5) is 0. The van der Waals surface area contributed by atoms with Gasteiger partial charge in [-0.25, -0.2) is 0 Å². The predicted octanol–water partition coefficient (Wildman–Crippen LogP) is -0.0319. The van der Waals surface area contributed by atoms with E-state index in [4.69, 9.17) is 4.74 Å². The number of hydrogen-bond donors (Lipinski definition) is 1. The Morgan fingerprint density at radius 1 is 1.38 bits per heavy atom. The normalized spacial score (nSPS) is 27.8. The van der Waals surface area contributed by atoms with Crippen molar-refractivity contribution in [3.8, 4) is 0 Å². The Bertz CT molecular complexity index is 263. The van der Waals surface area contributed by atoms with Gasteiger partial charge < -0.3 is 15.0 Å². The van der Waals surface area contributed by atoms with Gasteiger partial charge in [0, 0.05) is 6.42 Å². The number of hydroxylamine groups is 2. The molecule has 0 saturated carbocycles. The van der Waals surface area contributed by atoms with E-state index in [2.05, 4.69) is 0 Å². The Hall–Kier alpha value is -0.900. The fraction of sp³-hybridized carbons (Fsp3) is 0.400. The van der Waals surface area contributed by atoms with Crippen molar-refractivity contribution < 1.29 is 9.80 Å². The Kier molecular flexibility index (Phi) is 2.59. The molecular weight excluding hydrogens is 166 g/mol. The van der Waals surface area contributed by atoms with E-state index in [1.54, 1.807) is 0 Å². The molecule has 2 unspecified atom stereocenters. The van der Waals surface area contributed by atoms with Gasteiger partial charge in [0.1, 0.15) is 12.6 Å². The van der Waals surface area contributed by atoms with Crippen LogP contribution in [-0.2, 0) is 11.2 Å². The largest absolute Gasteiger partial charge is 0.632 e. The van der Waals surface area contributed by atoms with Gasteiger partial charge in [-0.05, 0) is 5.56 Å². The average molecular weight is 179 g/mol. The van der Waals surface area contributed by atoms with Gasteiger partial charge >= 0.3 is 0 Å². The molecule has 1 saturated heterocycles. The molecule has 0 spiro atoms. The zero-order chi connectivity index (χ0) is 9.10. The van der Waals surface area contributed by atoms with E-state index in [-0.39, 0.29) is 11.1 Å². The van der Waals surface area contributed by atoms with Gasteiger partial charge in [0.2, 0.25) is 0 Å². The number of hydrogen-bond acceptors (Lipinski definition) is 2. The molecule has 1 aromatic carbocycles. The first-order valence-electron chi connectivity index (χ1n) is 4.50. The van der Waals surface area contributed by atoms with E-state index in [1.165, 1.54) is 5.56 Å². The van der Waals surface area contributed by atoms with E-state index in [1.807, 2.05) is 30.3 Å². The van der Waals surface area contributed by atoms with Crippen LogP contribution >= 0.6 is 0 Å². The third kappa shape index (κ3) is 2.06. The van der Waals surface area contributed by atoms with E-state index in [0.29, 0.717) is 13.3 Å². The zero-order valence-corrected chi connectivity index (χ0v) is 7.40. The molecule has 1 N–H and O–H groups in total. The lowest BCUT2D eigenvalue weighted by atomic mass is 10.1. The van der Waals surface area contributed by atoms with Crippen molar-refractivity contribution >= 4 is 0 Å². The molecule has 1 fully saturated rings. The molecule has 3 heteroatoms. The third-order valence-electron chi connectivity index (χ3n) is 2.34. The maximum atomic E-state index is 11.3. The summed E-state index contributed by atoms with van der Waals surface area (Å²) in [6.45, 7) is 0.894.